The van der Waals surface area contributed by atoms with Gasteiger partial charge in [0.05, 0.1) is 35.4 Å². The van der Waals surface area contributed by atoms with Crippen LogP contribution in [0.15, 0.2) is 47.4 Å². The average Bonchev–Trinajstić information content (AvgIpc) is 3.34. The normalized spacial score (nSPS) is 14.9. The van der Waals surface area contributed by atoms with Gasteiger partial charge in [-0.15, -0.1) is 0 Å². The van der Waals surface area contributed by atoms with Crippen molar-refractivity contribution in [2.45, 2.75) is 56.5 Å². The van der Waals surface area contributed by atoms with Crippen LogP contribution in [0, 0.1) is 11.8 Å². The summed E-state index contributed by atoms with van der Waals surface area (Å²) in [5.41, 5.74) is 1.66. The molecule has 1 aromatic heterocycles. The molecule has 2 heterocycles. The van der Waals surface area contributed by atoms with Gasteiger partial charge >= 0.3 is 18.1 Å². The molecule has 4 N–H and O–H groups in total. The maximum atomic E-state index is 13.7. The highest BCUT2D eigenvalue weighted by molar-refractivity contribution is 7.89. The number of esters is 2. The molecular formula is C32H38F3N5O7S. The van der Waals surface area contributed by atoms with Crippen LogP contribution in [0.25, 0.3) is 10.9 Å². The van der Waals surface area contributed by atoms with E-state index in [9.17, 15) is 31.2 Å². The number of anilines is 2. The number of primary sulfonamides is 1. The van der Waals surface area contributed by atoms with Gasteiger partial charge in [-0.1, -0.05) is 12.0 Å². The number of nitrogens with two attached hydrogens (primary N) is 1. The Morgan fingerprint density at radius 1 is 1.08 bits per heavy atom. The van der Waals surface area contributed by atoms with Crippen molar-refractivity contribution < 1.29 is 45.4 Å². The number of carbonyl (C=O) groups excluding carboxylic acids is 2. The minimum atomic E-state index is -4.49. The summed E-state index contributed by atoms with van der Waals surface area (Å²) in [4.78, 5) is 24.7. The van der Waals surface area contributed by atoms with Gasteiger partial charge in [-0.25, -0.2) is 13.6 Å². The number of aromatic nitrogens is 1. The van der Waals surface area contributed by atoms with Crippen molar-refractivity contribution >= 4 is 44.2 Å². The molecule has 0 spiro atoms. The van der Waals surface area contributed by atoms with Crippen molar-refractivity contribution in [3.63, 3.8) is 0 Å². The summed E-state index contributed by atoms with van der Waals surface area (Å²) >= 11 is 0. The second-order valence-electron chi connectivity index (χ2n) is 11.3. The molecule has 12 nitrogen and oxygen atoms in total. The highest BCUT2D eigenvalue weighted by Gasteiger charge is 2.30. The molecule has 1 aliphatic heterocycles. The molecule has 1 saturated heterocycles. The van der Waals surface area contributed by atoms with Gasteiger partial charge in [-0.05, 0) is 49.1 Å². The summed E-state index contributed by atoms with van der Waals surface area (Å²) in [7, 11) is -2.58. The Kier molecular flexibility index (Phi) is 11.8. The highest BCUT2D eigenvalue weighted by Crippen LogP contribution is 2.32. The minimum Gasteiger partial charge on any atom is -0.495 e. The molecule has 1 fully saturated rings. The van der Waals surface area contributed by atoms with Crippen molar-refractivity contribution in [3.05, 3.63) is 48.2 Å². The zero-order chi connectivity index (χ0) is 35.1. The zero-order valence-corrected chi connectivity index (χ0v) is 27.5. The van der Waals surface area contributed by atoms with Gasteiger partial charge in [0.2, 0.25) is 10.0 Å². The second-order valence-corrected chi connectivity index (χ2v) is 12.8. The molecule has 1 atom stereocenters. The number of nitrogens with one attached hydrogen (secondary N) is 2. The summed E-state index contributed by atoms with van der Waals surface area (Å²) in [6, 6.07) is 10.8. The smallest absolute Gasteiger partial charge is 0.406 e. The lowest BCUT2D eigenvalue weighted by atomic mass is 10.0. The first kappa shape index (κ1) is 36.4. The topological polar surface area (TPSA) is 154 Å². The summed E-state index contributed by atoms with van der Waals surface area (Å²) in [5, 5.41) is 12.3. The van der Waals surface area contributed by atoms with Crippen LogP contribution < -0.4 is 20.5 Å². The predicted molar refractivity (Wildman–Crippen MR) is 173 cm³/mol. The molecule has 0 bridgehead atoms. The van der Waals surface area contributed by atoms with Gasteiger partial charge in [0.1, 0.15) is 25.0 Å². The SMILES string of the molecule is COc1cc(S(N)(=O)=O)ccc1NCC#Cc1cc2c(NC3CCN(CC(COC(C)=O)OC(C)=O)CC3)cccc2n1CC(F)(F)F. The second kappa shape index (κ2) is 15.6. The fourth-order valence-electron chi connectivity index (χ4n) is 5.47. The fourth-order valence-corrected chi connectivity index (χ4v) is 6.00. The van der Waals surface area contributed by atoms with Crippen LogP contribution in [0.2, 0.25) is 0 Å². The maximum Gasteiger partial charge on any atom is 0.406 e. The molecule has 4 rings (SSSR count). The number of methoxy groups -OCH3 is 1. The molecule has 0 amide bonds. The lowest BCUT2D eigenvalue weighted by Crippen LogP contribution is -2.44. The third kappa shape index (κ3) is 10.3. The Bertz CT molecular complexity index is 1790. The summed E-state index contributed by atoms with van der Waals surface area (Å²) in [6.07, 6.45) is -3.64. The Morgan fingerprint density at radius 3 is 2.44 bits per heavy atom. The van der Waals surface area contributed by atoms with Crippen molar-refractivity contribution in [3.8, 4) is 17.6 Å². The van der Waals surface area contributed by atoms with E-state index in [1.54, 1.807) is 18.2 Å². The van der Waals surface area contributed by atoms with Crippen molar-refractivity contribution in [1.82, 2.24) is 9.47 Å². The van der Waals surface area contributed by atoms with Gasteiger partial charge in [0.25, 0.3) is 0 Å². The lowest BCUT2D eigenvalue weighted by Gasteiger charge is -2.34. The Morgan fingerprint density at radius 2 is 1.81 bits per heavy atom. The number of alkyl halides is 3. The molecule has 0 aliphatic carbocycles. The van der Waals surface area contributed by atoms with Crippen molar-refractivity contribution in [1.29, 1.82) is 0 Å². The third-order valence-electron chi connectivity index (χ3n) is 7.58. The van der Waals surface area contributed by atoms with Gasteiger partial charge in [-0.3, -0.25) is 14.5 Å². The van der Waals surface area contributed by atoms with E-state index >= 15 is 0 Å². The average molecular weight is 694 g/mol. The first-order valence-electron chi connectivity index (χ1n) is 15.0. The van der Waals surface area contributed by atoms with Crippen LogP contribution in [-0.4, -0.2) is 88.0 Å². The Hall–Kier alpha value is -4.46. The number of likely N-dealkylation sites (tertiary alicyclic amines) is 1. The number of piperidine rings is 1. The van der Waals surface area contributed by atoms with Gasteiger partial charge in [0.15, 0.2) is 0 Å². The number of rotatable bonds is 12. The van der Waals surface area contributed by atoms with Crippen molar-refractivity contribution in [2.24, 2.45) is 5.14 Å². The summed E-state index contributed by atoms with van der Waals surface area (Å²) in [5.74, 6) is 4.98. The van der Waals surface area contributed by atoms with Gasteiger partial charge in [-0.2, -0.15) is 13.2 Å². The number of nitrogens with zero attached hydrogens (tertiary/aromatic N) is 2. The van der Waals surface area contributed by atoms with E-state index in [-0.39, 0.29) is 35.5 Å². The molecule has 260 valence electrons. The van der Waals surface area contributed by atoms with Crippen LogP contribution in [-0.2, 0) is 35.6 Å². The number of ether oxygens (including phenoxy) is 3. The molecule has 1 unspecified atom stereocenters. The molecule has 0 saturated carbocycles. The molecule has 16 heteroatoms. The van der Waals surface area contributed by atoms with E-state index in [0.29, 0.717) is 41.9 Å². The molecular weight excluding hydrogens is 655 g/mol. The van der Waals surface area contributed by atoms with Crippen LogP contribution in [0.4, 0.5) is 24.5 Å². The van der Waals surface area contributed by atoms with E-state index < -0.39 is 40.8 Å². The molecule has 3 aromatic rings. The minimum absolute atomic E-state index is 0.0293. The maximum absolute atomic E-state index is 13.7. The Labute approximate surface area is 276 Å². The van der Waals surface area contributed by atoms with E-state index in [2.05, 4.69) is 27.4 Å². The number of halogens is 3. The van der Waals surface area contributed by atoms with Gasteiger partial charge < -0.3 is 29.4 Å². The molecule has 2 aromatic carbocycles. The van der Waals surface area contributed by atoms with E-state index in [4.69, 9.17) is 19.3 Å². The van der Waals surface area contributed by atoms with Crippen LogP contribution in [0.1, 0.15) is 32.4 Å². The van der Waals surface area contributed by atoms with Crippen molar-refractivity contribution in [2.75, 3.05) is 50.5 Å². The first-order chi connectivity index (χ1) is 22.6. The van der Waals surface area contributed by atoms with Gasteiger partial charge in [0, 0.05) is 56.7 Å². The number of hydrogen-bond donors (Lipinski definition) is 3. The number of carbonyl (C=O) groups is 2. The first-order valence-corrected chi connectivity index (χ1v) is 16.6. The van der Waals surface area contributed by atoms with Crippen LogP contribution in [0.3, 0.4) is 0 Å². The Balaban J connectivity index is 1.48. The largest absolute Gasteiger partial charge is 0.495 e. The summed E-state index contributed by atoms with van der Waals surface area (Å²) < 4.78 is 81.0. The van der Waals surface area contributed by atoms with Crippen LogP contribution >= 0.6 is 0 Å². The molecule has 1 aliphatic rings. The van der Waals surface area contributed by atoms with E-state index in [1.807, 2.05) is 6.07 Å². The third-order valence-corrected chi connectivity index (χ3v) is 8.49. The quantitative estimate of drug-likeness (QED) is 0.189. The number of benzene rings is 2. The number of hydrogen-bond acceptors (Lipinski definition) is 10. The standard InChI is InChI=1S/C32H38F3N5O7S/c1-21(41)46-19-25(47-22(2)42)18-39-14-11-23(12-15-39)38-28-7-4-8-30-27(28)16-24(40(30)20-32(33,34)35)6-5-13-37-29-10-9-26(48(36,43)44)17-31(29)45-3/h4,7-10,16-17,23,25,37-38H,11-15,18-20H2,1-3H3,(H2,36,43,44). The monoisotopic (exact) mass is 693 g/mol. The molecule has 0 radical (unpaired) electrons. The summed E-state index contributed by atoms with van der Waals surface area (Å²) in [6.45, 7) is 3.09. The number of fused-ring (bicyclic) bond motifs is 1. The van der Waals surface area contributed by atoms with E-state index in [1.165, 1.54) is 39.2 Å². The predicted octanol–water partition coefficient (Wildman–Crippen LogP) is 3.69. The van der Waals surface area contributed by atoms with E-state index in [0.717, 1.165) is 17.4 Å². The zero-order valence-electron chi connectivity index (χ0n) is 26.7. The fraction of sp³-hybridized carbons (Fsp3) is 0.438. The lowest BCUT2D eigenvalue weighted by molar-refractivity contribution is -0.157. The highest BCUT2D eigenvalue weighted by atomic mass is 32.2. The molecule has 48 heavy (non-hydrogen) atoms. The number of sulfonamides is 1. The van der Waals surface area contributed by atoms with Crippen LogP contribution in [0.5, 0.6) is 5.75 Å².